The van der Waals surface area contributed by atoms with Crippen molar-refractivity contribution in [3.63, 3.8) is 0 Å². The van der Waals surface area contributed by atoms with Crippen LogP contribution in [0.5, 0.6) is 0 Å². The summed E-state index contributed by atoms with van der Waals surface area (Å²) in [5, 5.41) is 15.3. The average molecular weight is 502 g/mol. The number of aromatic amines is 1. The summed E-state index contributed by atoms with van der Waals surface area (Å²) < 4.78 is 1.27. The Balaban J connectivity index is 1.38. The second-order valence-electron chi connectivity index (χ2n) is 8.81. The molecule has 188 valence electrons. The molecule has 3 heterocycles. The standard InChI is InChI=1S/C25H23N7O5/c1-12(26-24(36)21-14-6-3-4-8-16(14)30-31-21)22(34)28-17-9-5-7-15-20(17)27-13(2)32(25(15)37)18-10-11-19(33)29-23(18)35/h3-9,12,18H,10-11H2,1-2H3,(H,26,36)(H,28,34)(H,30,31)(H,29,33,35). The summed E-state index contributed by atoms with van der Waals surface area (Å²) in [7, 11) is 0. The molecule has 1 aliphatic rings. The van der Waals surface area contributed by atoms with E-state index in [-0.39, 0.29) is 46.9 Å². The van der Waals surface area contributed by atoms with Crippen molar-refractivity contribution in [2.75, 3.05) is 5.32 Å². The fraction of sp³-hybridized carbons (Fsp3) is 0.240. The molecule has 4 aromatic rings. The molecule has 37 heavy (non-hydrogen) atoms. The Morgan fingerprint density at radius 2 is 1.84 bits per heavy atom. The quantitative estimate of drug-likeness (QED) is 0.299. The molecule has 0 saturated carbocycles. The molecule has 2 aromatic heterocycles. The van der Waals surface area contributed by atoms with Crippen LogP contribution in [0.4, 0.5) is 5.69 Å². The molecule has 2 atom stereocenters. The normalized spacial score (nSPS) is 16.4. The van der Waals surface area contributed by atoms with Gasteiger partial charge in [0.05, 0.1) is 16.6 Å². The van der Waals surface area contributed by atoms with Crippen molar-refractivity contribution in [3.8, 4) is 0 Å². The van der Waals surface area contributed by atoms with Crippen LogP contribution in [-0.4, -0.2) is 49.4 Å². The number of hydrogen-bond donors (Lipinski definition) is 4. The molecule has 0 aliphatic carbocycles. The van der Waals surface area contributed by atoms with Gasteiger partial charge < -0.3 is 10.6 Å². The van der Waals surface area contributed by atoms with Crippen LogP contribution in [0.2, 0.25) is 0 Å². The molecule has 0 spiro atoms. The van der Waals surface area contributed by atoms with Crippen molar-refractivity contribution < 1.29 is 19.2 Å². The number of aromatic nitrogens is 4. The zero-order chi connectivity index (χ0) is 26.3. The molecule has 0 radical (unpaired) electrons. The maximum absolute atomic E-state index is 13.3. The van der Waals surface area contributed by atoms with E-state index in [0.29, 0.717) is 10.9 Å². The molecule has 2 aromatic carbocycles. The van der Waals surface area contributed by atoms with E-state index in [1.54, 1.807) is 43.3 Å². The summed E-state index contributed by atoms with van der Waals surface area (Å²) in [4.78, 5) is 67.4. The van der Waals surface area contributed by atoms with Crippen LogP contribution in [0.3, 0.4) is 0 Å². The predicted molar refractivity (Wildman–Crippen MR) is 134 cm³/mol. The van der Waals surface area contributed by atoms with Gasteiger partial charge in [-0.05, 0) is 38.5 Å². The van der Waals surface area contributed by atoms with E-state index in [2.05, 4.69) is 31.1 Å². The van der Waals surface area contributed by atoms with Crippen LogP contribution in [0.15, 0.2) is 47.3 Å². The van der Waals surface area contributed by atoms with Crippen LogP contribution in [0.25, 0.3) is 21.8 Å². The van der Waals surface area contributed by atoms with Crippen LogP contribution >= 0.6 is 0 Å². The number of benzene rings is 2. The van der Waals surface area contributed by atoms with E-state index in [1.165, 1.54) is 11.5 Å². The average Bonchev–Trinajstić information content (AvgIpc) is 3.30. The fourth-order valence-corrected chi connectivity index (χ4v) is 4.43. The second kappa shape index (κ2) is 9.30. The van der Waals surface area contributed by atoms with Crippen molar-refractivity contribution in [1.82, 2.24) is 30.4 Å². The van der Waals surface area contributed by atoms with Crippen molar-refractivity contribution in [1.29, 1.82) is 0 Å². The van der Waals surface area contributed by atoms with Gasteiger partial charge in [0, 0.05) is 11.8 Å². The molecule has 0 bridgehead atoms. The number of hydrogen-bond acceptors (Lipinski definition) is 7. The summed E-state index contributed by atoms with van der Waals surface area (Å²) in [5.41, 5.74) is 0.944. The number of rotatable bonds is 5. The molecule has 12 nitrogen and oxygen atoms in total. The highest BCUT2D eigenvalue weighted by Gasteiger charge is 2.31. The molecule has 5 rings (SSSR count). The summed E-state index contributed by atoms with van der Waals surface area (Å²) in [6.07, 6.45) is 0.311. The molecular weight excluding hydrogens is 478 g/mol. The summed E-state index contributed by atoms with van der Waals surface area (Å²) in [5.74, 6) is -1.71. The van der Waals surface area contributed by atoms with Gasteiger partial charge in [-0.1, -0.05) is 24.3 Å². The minimum atomic E-state index is -0.928. The van der Waals surface area contributed by atoms with Gasteiger partial charge in [-0.25, -0.2) is 4.98 Å². The molecule has 1 fully saturated rings. The second-order valence-corrected chi connectivity index (χ2v) is 8.81. The Bertz CT molecular complexity index is 1650. The van der Waals surface area contributed by atoms with Crippen LogP contribution in [-0.2, 0) is 14.4 Å². The number of para-hydroxylation sites is 2. The van der Waals surface area contributed by atoms with Crippen LogP contribution in [0, 0.1) is 6.92 Å². The third-order valence-corrected chi connectivity index (χ3v) is 6.31. The molecule has 2 unspecified atom stereocenters. The largest absolute Gasteiger partial charge is 0.339 e. The van der Waals surface area contributed by atoms with E-state index >= 15 is 0 Å². The molecular formula is C25H23N7O5. The Kier molecular flexibility index (Phi) is 5.99. The van der Waals surface area contributed by atoms with Crippen LogP contribution in [0.1, 0.15) is 42.1 Å². The van der Waals surface area contributed by atoms with E-state index in [0.717, 1.165) is 0 Å². The van der Waals surface area contributed by atoms with Crippen molar-refractivity contribution >= 4 is 51.1 Å². The van der Waals surface area contributed by atoms with Gasteiger partial charge in [-0.2, -0.15) is 5.10 Å². The SMILES string of the molecule is Cc1nc2c(NC(=O)C(C)NC(=O)c3n[nH]c4ccccc34)cccc2c(=O)n1C1CCC(=O)NC1=O. The number of fused-ring (bicyclic) bond motifs is 2. The summed E-state index contributed by atoms with van der Waals surface area (Å²) >= 11 is 0. The lowest BCUT2D eigenvalue weighted by molar-refractivity contribution is -0.135. The molecule has 1 aliphatic heterocycles. The minimum Gasteiger partial charge on any atom is -0.339 e. The smallest absolute Gasteiger partial charge is 0.273 e. The van der Waals surface area contributed by atoms with Gasteiger partial charge in [-0.3, -0.25) is 39.0 Å². The van der Waals surface area contributed by atoms with Gasteiger partial charge in [-0.15, -0.1) is 0 Å². The number of carbonyl (C=O) groups excluding carboxylic acids is 4. The number of anilines is 1. The maximum atomic E-state index is 13.3. The monoisotopic (exact) mass is 501 g/mol. The highest BCUT2D eigenvalue weighted by Crippen LogP contribution is 2.23. The first-order valence-corrected chi connectivity index (χ1v) is 11.6. The first-order valence-electron chi connectivity index (χ1n) is 11.6. The van der Waals surface area contributed by atoms with Gasteiger partial charge in [0.1, 0.15) is 23.4 Å². The lowest BCUT2D eigenvalue weighted by Gasteiger charge is -2.24. The predicted octanol–water partition coefficient (Wildman–Crippen LogP) is 1.32. The number of carbonyl (C=O) groups is 4. The van der Waals surface area contributed by atoms with Crippen molar-refractivity contribution in [2.45, 2.75) is 38.8 Å². The number of aryl methyl sites for hydroxylation is 1. The Morgan fingerprint density at radius 3 is 2.62 bits per heavy atom. The van der Waals surface area contributed by atoms with Gasteiger partial charge >= 0.3 is 0 Å². The third kappa shape index (κ3) is 4.33. The molecule has 4 N–H and O–H groups in total. The fourth-order valence-electron chi connectivity index (χ4n) is 4.43. The van der Waals surface area contributed by atoms with E-state index < -0.39 is 35.4 Å². The molecule has 4 amide bonds. The van der Waals surface area contributed by atoms with E-state index in [9.17, 15) is 24.0 Å². The first-order chi connectivity index (χ1) is 17.7. The highest BCUT2D eigenvalue weighted by molar-refractivity contribution is 6.08. The third-order valence-electron chi connectivity index (χ3n) is 6.31. The van der Waals surface area contributed by atoms with Gasteiger partial charge in [0.25, 0.3) is 11.5 Å². The van der Waals surface area contributed by atoms with Gasteiger partial charge in [0.15, 0.2) is 5.69 Å². The first kappa shape index (κ1) is 23.9. The lowest BCUT2D eigenvalue weighted by atomic mass is 10.1. The van der Waals surface area contributed by atoms with Gasteiger partial charge in [0.2, 0.25) is 17.7 Å². The van der Waals surface area contributed by atoms with Crippen molar-refractivity contribution in [3.05, 3.63) is 64.3 Å². The Labute approximate surface area is 209 Å². The maximum Gasteiger partial charge on any atom is 0.273 e. The number of nitrogens with one attached hydrogen (secondary N) is 4. The lowest BCUT2D eigenvalue weighted by Crippen LogP contribution is -2.45. The van der Waals surface area contributed by atoms with E-state index in [4.69, 9.17) is 0 Å². The van der Waals surface area contributed by atoms with Crippen LogP contribution < -0.4 is 21.5 Å². The Morgan fingerprint density at radius 1 is 1.08 bits per heavy atom. The zero-order valence-corrected chi connectivity index (χ0v) is 20.0. The topological polar surface area (TPSA) is 168 Å². The van der Waals surface area contributed by atoms with Crippen molar-refractivity contribution in [2.24, 2.45) is 0 Å². The number of piperidine rings is 1. The number of nitrogens with zero attached hydrogens (tertiary/aromatic N) is 3. The zero-order valence-electron chi connectivity index (χ0n) is 20.0. The summed E-state index contributed by atoms with van der Waals surface area (Å²) in [6.45, 7) is 3.11. The number of amides is 4. The Hall–Kier alpha value is -4.87. The van der Waals surface area contributed by atoms with E-state index in [1.807, 2.05) is 6.07 Å². The minimum absolute atomic E-state index is 0.119. The number of imide groups is 1. The highest BCUT2D eigenvalue weighted by atomic mass is 16.2. The number of H-pyrrole nitrogens is 1. The molecule has 1 saturated heterocycles. The molecule has 12 heteroatoms. The summed E-state index contributed by atoms with van der Waals surface area (Å²) in [6, 6.07) is 10.1.